The minimum absolute atomic E-state index is 0.0910. The topological polar surface area (TPSA) is 60.9 Å². The first kappa shape index (κ1) is 14.5. The summed E-state index contributed by atoms with van der Waals surface area (Å²) in [6, 6.07) is -0.562. The first-order valence-electron chi connectivity index (χ1n) is 6.90. The smallest absolute Gasteiger partial charge is 0.327 e. The van der Waals surface area contributed by atoms with Gasteiger partial charge in [-0.05, 0) is 25.7 Å². The van der Waals surface area contributed by atoms with Crippen LogP contribution in [0.5, 0.6) is 0 Å². The van der Waals surface area contributed by atoms with E-state index in [1.54, 1.807) is 16.7 Å². The number of carboxylic acid groups (broad SMARTS) is 1. The summed E-state index contributed by atoms with van der Waals surface area (Å²) in [5.74, 6) is 0.921. The minimum atomic E-state index is -0.890. The van der Waals surface area contributed by atoms with Gasteiger partial charge in [-0.25, -0.2) is 9.59 Å². The lowest BCUT2D eigenvalue weighted by Gasteiger charge is -2.43. The zero-order valence-electron chi connectivity index (χ0n) is 11.5. The summed E-state index contributed by atoms with van der Waals surface area (Å²) in [7, 11) is 0. The van der Waals surface area contributed by atoms with E-state index < -0.39 is 12.0 Å². The second kappa shape index (κ2) is 6.03. The van der Waals surface area contributed by atoms with Gasteiger partial charge >= 0.3 is 12.0 Å². The Hall–Kier alpha value is -0.910. The van der Waals surface area contributed by atoms with Crippen molar-refractivity contribution in [1.29, 1.82) is 0 Å². The van der Waals surface area contributed by atoms with Crippen LogP contribution < -0.4 is 0 Å². The van der Waals surface area contributed by atoms with Crippen molar-refractivity contribution in [1.82, 2.24) is 9.80 Å². The molecule has 0 aromatic rings. The summed E-state index contributed by atoms with van der Waals surface area (Å²) >= 11 is 1.61. The SMILES string of the molecule is CC1CCCN(C(=O)N2CCSCC2C(=O)O)C1C. The second-order valence-corrected chi connectivity index (χ2v) is 6.61. The summed E-state index contributed by atoms with van der Waals surface area (Å²) in [5, 5.41) is 9.25. The molecule has 6 heteroatoms. The van der Waals surface area contributed by atoms with Crippen molar-refractivity contribution < 1.29 is 14.7 Å². The second-order valence-electron chi connectivity index (χ2n) is 5.46. The van der Waals surface area contributed by atoms with Crippen molar-refractivity contribution in [2.24, 2.45) is 5.92 Å². The average molecular weight is 286 g/mol. The predicted molar refractivity (Wildman–Crippen MR) is 75.4 cm³/mol. The maximum Gasteiger partial charge on any atom is 0.327 e. The minimum Gasteiger partial charge on any atom is -0.480 e. The van der Waals surface area contributed by atoms with Gasteiger partial charge in [0.2, 0.25) is 0 Å². The van der Waals surface area contributed by atoms with Gasteiger partial charge in [0.1, 0.15) is 6.04 Å². The van der Waals surface area contributed by atoms with Gasteiger partial charge < -0.3 is 14.9 Å². The quantitative estimate of drug-likeness (QED) is 0.797. The highest BCUT2D eigenvalue weighted by Gasteiger charge is 2.37. The third kappa shape index (κ3) is 2.99. The molecule has 2 rings (SSSR count). The molecule has 3 atom stereocenters. The lowest BCUT2D eigenvalue weighted by atomic mass is 9.92. The average Bonchev–Trinajstić information content (AvgIpc) is 2.41. The fraction of sp³-hybridized carbons (Fsp3) is 0.846. The Balaban J connectivity index is 2.10. The molecule has 0 bridgehead atoms. The molecular formula is C13H22N2O3S. The molecular weight excluding hydrogens is 264 g/mol. The molecule has 2 aliphatic rings. The number of urea groups is 1. The molecule has 2 aliphatic heterocycles. The van der Waals surface area contributed by atoms with Crippen LogP contribution in [0.4, 0.5) is 4.79 Å². The number of carbonyl (C=O) groups excluding carboxylic acids is 1. The Morgan fingerprint density at radius 2 is 1.95 bits per heavy atom. The first-order valence-corrected chi connectivity index (χ1v) is 8.05. The molecule has 2 fully saturated rings. The van der Waals surface area contributed by atoms with Crippen LogP contribution in [0.2, 0.25) is 0 Å². The van der Waals surface area contributed by atoms with E-state index >= 15 is 0 Å². The number of hydrogen-bond donors (Lipinski definition) is 1. The fourth-order valence-electron chi connectivity index (χ4n) is 2.81. The van der Waals surface area contributed by atoms with Gasteiger partial charge in [0.15, 0.2) is 0 Å². The molecule has 5 nitrogen and oxygen atoms in total. The lowest BCUT2D eigenvalue weighted by Crippen LogP contribution is -2.58. The summed E-state index contributed by atoms with van der Waals surface area (Å²) in [4.78, 5) is 27.3. The number of thioether (sulfide) groups is 1. The molecule has 3 unspecified atom stereocenters. The fourth-order valence-corrected chi connectivity index (χ4v) is 3.85. The summed E-state index contributed by atoms with van der Waals surface area (Å²) < 4.78 is 0. The van der Waals surface area contributed by atoms with Crippen LogP contribution in [0.1, 0.15) is 26.7 Å². The van der Waals surface area contributed by atoms with Crippen LogP contribution >= 0.6 is 11.8 Å². The number of amides is 2. The zero-order valence-corrected chi connectivity index (χ0v) is 12.4. The molecule has 0 spiro atoms. The third-order valence-corrected chi connectivity index (χ3v) is 5.30. The highest BCUT2D eigenvalue weighted by molar-refractivity contribution is 7.99. The number of hydrogen-bond acceptors (Lipinski definition) is 3. The number of likely N-dealkylation sites (tertiary alicyclic amines) is 1. The largest absolute Gasteiger partial charge is 0.480 e. The van der Waals surface area contributed by atoms with E-state index in [1.165, 1.54) is 0 Å². The Bertz CT molecular complexity index is 364. The van der Waals surface area contributed by atoms with Crippen molar-refractivity contribution in [3.05, 3.63) is 0 Å². The molecule has 2 heterocycles. The van der Waals surface area contributed by atoms with Crippen LogP contribution in [0.15, 0.2) is 0 Å². The standard InChI is InChI=1S/C13H22N2O3S/c1-9-4-3-5-14(10(9)2)13(18)15-6-7-19-8-11(15)12(16)17/h9-11H,3-8H2,1-2H3,(H,16,17). The van der Waals surface area contributed by atoms with E-state index in [-0.39, 0.29) is 12.1 Å². The molecule has 1 N–H and O–H groups in total. The van der Waals surface area contributed by atoms with Crippen molar-refractivity contribution in [2.45, 2.75) is 38.8 Å². The molecule has 108 valence electrons. The number of piperidine rings is 1. The van der Waals surface area contributed by atoms with Crippen LogP contribution in [-0.4, -0.2) is 63.6 Å². The van der Waals surface area contributed by atoms with Crippen LogP contribution in [0.25, 0.3) is 0 Å². The number of aliphatic carboxylic acids is 1. The normalized spacial score (nSPS) is 32.2. The Kier molecular flexibility index (Phi) is 4.60. The van der Waals surface area contributed by atoms with Crippen molar-refractivity contribution >= 4 is 23.8 Å². The van der Waals surface area contributed by atoms with Gasteiger partial charge in [-0.3, -0.25) is 0 Å². The third-order valence-electron chi connectivity index (χ3n) is 4.28. The zero-order chi connectivity index (χ0) is 14.0. The molecule has 0 aliphatic carbocycles. The predicted octanol–water partition coefficient (Wildman–Crippen LogP) is 1.73. The Morgan fingerprint density at radius 1 is 1.21 bits per heavy atom. The van der Waals surface area contributed by atoms with Crippen molar-refractivity contribution in [3.63, 3.8) is 0 Å². The Morgan fingerprint density at radius 3 is 2.63 bits per heavy atom. The number of carbonyl (C=O) groups is 2. The van der Waals surface area contributed by atoms with E-state index in [9.17, 15) is 14.7 Å². The van der Waals surface area contributed by atoms with Crippen molar-refractivity contribution in [3.8, 4) is 0 Å². The first-order chi connectivity index (χ1) is 9.02. The maximum atomic E-state index is 12.6. The highest BCUT2D eigenvalue weighted by atomic mass is 32.2. The molecule has 2 amide bonds. The van der Waals surface area contributed by atoms with Crippen LogP contribution in [0.3, 0.4) is 0 Å². The maximum absolute atomic E-state index is 12.6. The Labute approximate surface area is 118 Å². The molecule has 19 heavy (non-hydrogen) atoms. The monoisotopic (exact) mass is 286 g/mol. The molecule has 0 saturated carbocycles. The van der Waals surface area contributed by atoms with Gasteiger partial charge in [-0.2, -0.15) is 11.8 Å². The number of rotatable bonds is 1. The van der Waals surface area contributed by atoms with Crippen LogP contribution in [0, 0.1) is 5.92 Å². The summed E-state index contributed by atoms with van der Waals surface area (Å²) in [5.41, 5.74) is 0. The van der Waals surface area contributed by atoms with Gasteiger partial charge in [0.05, 0.1) is 0 Å². The lowest BCUT2D eigenvalue weighted by molar-refractivity contribution is -0.141. The van der Waals surface area contributed by atoms with E-state index in [1.807, 2.05) is 4.90 Å². The molecule has 0 aromatic carbocycles. The molecule has 2 saturated heterocycles. The summed E-state index contributed by atoms with van der Waals surface area (Å²) in [6.45, 7) is 5.51. The number of nitrogens with zero attached hydrogens (tertiary/aromatic N) is 2. The van der Waals surface area contributed by atoms with Gasteiger partial charge in [0.25, 0.3) is 0 Å². The van der Waals surface area contributed by atoms with E-state index in [0.29, 0.717) is 18.2 Å². The van der Waals surface area contributed by atoms with Crippen molar-refractivity contribution in [2.75, 3.05) is 24.6 Å². The van der Waals surface area contributed by atoms with Gasteiger partial charge in [-0.15, -0.1) is 0 Å². The highest BCUT2D eigenvalue weighted by Crippen LogP contribution is 2.26. The van der Waals surface area contributed by atoms with Crippen LogP contribution in [-0.2, 0) is 4.79 Å². The van der Waals surface area contributed by atoms with E-state index in [4.69, 9.17) is 0 Å². The molecule has 0 aromatic heterocycles. The van der Waals surface area contributed by atoms with Gasteiger partial charge in [0, 0.05) is 30.6 Å². The van der Waals surface area contributed by atoms with Gasteiger partial charge in [-0.1, -0.05) is 6.92 Å². The summed E-state index contributed by atoms with van der Waals surface area (Å²) in [6.07, 6.45) is 2.15. The molecule has 0 radical (unpaired) electrons. The number of carboxylic acids is 1. The van der Waals surface area contributed by atoms with E-state index in [2.05, 4.69) is 13.8 Å². The van der Waals surface area contributed by atoms with E-state index in [0.717, 1.165) is 25.1 Å².